The van der Waals surface area contributed by atoms with Crippen LogP contribution in [0.5, 0.6) is 0 Å². The number of nitrogens with two attached hydrogens (primary N) is 1. The van der Waals surface area contributed by atoms with E-state index in [1.807, 2.05) is 0 Å². The van der Waals surface area contributed by atoms with Gasteiger partial charge in [0.25, 0.3) is 0 Å². The van der Waals surface area contributed by atoms with Gasteiger partial charge in [-0.3, -0.25) is 4.79 Å². The summed E-state index contributed by atoms with van der Waals surface area (Å²) in [5.41, 5.74) is 5.41. The van der Waals surface area contributed by atoms with Crippen molar-refractivity contribution in [3.05, 3.63) is 0 Å². The Morgan fingerprint density at radius 1 is 1.33 bits per heavy atom. The Balaban J connectivity index is 1.56. The monoisotopic (exact) mass is 293 g/mol. The summed E-state index contributed by atoms with van der Waals surface area (Å²) < 4.78 is 0. The van der Waals surface area contributed by atoms with Crippen LogP contribution >= 0.6 is 0 Å². The highest BCUT2D eigenvalue weighted by atomic mass is 16.1. The number of hydrogen-bond acceptors (Lipinski definition) is 3. The smallest absolute Gasteiger partial charge is 0.238 e. The van der Waals surface area contributed by atoms with Crippen molar-refractivity contribution in [3.63, 3.8) is 0 Å². The summed E-state index contributed by atoms with van der Waals surface area (Å²) in [6.45, 7) is 5.93. The molecule has 0 radical (unpaired) electrons. The van der Waals surface area contributed by atoms with Gasteiger partial charge < -0.3 is 16.0 Å². The molecule has 3 aliphatic rings. The second-order valence-corrected chi connectivity index (χ2v) is 7.50. The number of amides is 1. The maximum atomic E-state index is 12.1. The molecule has 1 aliphatic heterocycles. The van der Waals surface area contributed by atoms with Gasteiger partial charge in [-0.15, -0.1) is 0 Å². The number of rotatable bonds is 7. The number of carbonyl (C=O) groups is 1. The van der Waals surface area contributed by atoms with E-state index in [0.717, 1.165) is 38.1 Å². The molecule has 2 aliphatic carbocycles. The molecular weight excluding hydrogens is 262 g/mol. The van der Waals surface area contributed by atoms with Crippen molar-refractivity contribution in [3.8, 4) is 0 Å². The molecule has 0 aromatic carbocycles. The fourth-order valence-electron chi connectivity index (χ4n) is 4.43. The number of likely N-dealkylation sites (tertiary alicyclic amines) is 1. The lowest BCUT2D eigenvalue weighted by Crippen LogP contribution is -2.59. The van der Waals surface area contributed by atoms with Crippen LogP contribution in [0.15, 0.2) is 0 Å². The van der Waals surface area contributed by atoms with E-state index < -0.39 is 5.54 Å². The van der Waals surface area contributed by atoms with E-state index in [9.17, 15) is 4.79 Å². The Hall–Kier alpha value is -0.610. The van der Waals surface area contributed by atoms with Gasteiger partial charge in [0.1, 0.15) is 5.54 Å². The van der Waals surface area contributed by atoms with E-state index in [2.05, 4.69) is 17.1 Å². The first-order valence-corrected chi connectivity index (χ1v) is 8.94. The fourth-order valence-corrected chi connectivity index (χ4v) is 4.43. The van der Waals surface area contributed by atoms with Crippen molar-refractivity contribution < 1.29 is 4.79 Å². The first kappa shape index (κ1) is 15.3. The molecule has 2 saturated carbocycles. The average Bonchev–Trinajstić information content (AvgIpc) is 3.01. The molecule has 0 bridgehead atoms. The van der Waals surface area contributed by atoms with Gasteiger partial charge in [-0.05, 0) is 63.5 Å². The summed E-state index contributed by atoms with van der Waals surface area (Å²) in [4.78, 5) is 14.7. The summed E-state index contributed by atoms with van der Waals surface area (Å²) in [5.74, 6) is 1.22. The molecule has 1 amide bonds. The van der Waals surface area contributed by atoms with Crippen LogP contribution in [0.3, 0.4) is 0 Å². The van der Waals surface area contributed by atoms with Crippen LogP contribution in [0.2, 0.25) is 0 Å². The van der Waals surface area contributed by atoms with Crippen molar-refractivity contribution in [2.45, 2.75) is 69.9 Å². The van der Waals surface area contributed by atoms with Crippen LogP contribution < -0.4 is 11.1 Å². The molecule has 0 spiro atoms. The minimum Gasteiger partial charge on any atom is -0.368 e. The Bertz CT molecular complexity index is 382. The molecule has 3 fully saturated rings. The second kappa shape index (κ2) is 6.25. The normalized spacial score (nSPS) is 37.2. The quantitative estimate of drug-likeness (QED) is 0.753. The molecular formula is C17H31N3O. The molecule has 1 saturated heterocycles. The summed E-state index contributed by atoms with van der Waals surface area (Å²) in [6.07, 6.45) is 9.45. The summed E-state index contributed by atoms with van der Waals surface area (Å²) in [5, 5.41) is 3.62. The van der Waals surface area contributed by atoms with Crippen LogP contribution in [0.25, 0.3) is 0 Å². The highest BCUT2D eigenvalue weighted by Gasteiger charge is 2.49. The van der Waals surface area contributed by atoms with E-state index in [4.69, 9.17) is 5.73 Å². The summed E-state index contributed by atoms with van der Waals surface area (Å²) in [6, 6.07) is 0.550. The first-order chi connectivity index (χ1) is 10.1. The third kappa shape index (κ3) is 3.26. The van der Waals surface area contributed by atoms with Crippen molar-refractivity contribution in [2.24, 2.45) is 17.6 Å². The molecule has 4 heteroatoms. The molecule has 21 heavy (non-hydrogen) atoms. The van der Waals surface area contributed by atoms with Crippen molar-refractivity contribution >= 4 is 5.91 Å². The van der Waals surface area contributed by atoms with Crippen molar-refractivity contribution in [1.82, 2.24) is 10.2 Å². The molecule has 3 unspecified atom stereocenters. The molecule has 120 valence electrons. The Labute approximate surface area is 128 Å². The first-order valence-electron chi connectivity index (χ1n) is 8.94. The Morgan fingerprint density at radius 3 is 2.76 bits per heavy atom. The van der Waals surface area contributed by atoms with E-state index >= 15 is 0 Å². The lowest BCUT2D eigenvalue weighted by Gasteiger charge is -2.34. The van der Waals surface area contributed by atoms with Gasteiger partial charge in [0.2, 0.25) is 5.91 Å². The lowest BCUT2D eigenvalue weighted by atomic mass is 9.83. The highest BCUT2D eigenvalue weighted by molar-refractivity contribution is 5.85. The van der Waals surface area contributed by atoms with Gasteiger partial charge in [0, 0.05) is 12.6 Å². The average molecular weight is 293 g/mol. The number of carbonyl (C=O) groups excluding carboxylic acids is 1. The van der Waals surface area contributed by atoms with Gasteiger partial charge in [-0.25, -0.2) is 0 Å². The highest BCUT2D eigenvalue weighted by Crippen LogP contribution is 2.40. The predicted octanol–water partition coefficient (Wildman–Crippen LogP) is 1.88. The van der Waals surface area contributed by atoms with Crippen LogP contribution in [0, 0.1) is 11.8 Å². The van der Waals surface area contributed by atoms with Crippen LogP contribution in [0.1, 0.15) is 58.3 Å². The zero-order valence-electron chi connectivity index (χ0n) is 13.4. The largest absolute Gasteiger partial charge is 0.368 e. The predicted molar refractivity (Wildman–Crippen MR) is 84.9 cm³/mol. The third-order valence-corrected chi connectivity index (χ3v) is 6.04. The van der Waals surface area contributed by atoms with Gasteiger partial charge in [-0.2, -0.15) is 0 Å². The van der Waals surface area contributed by atoms with Crippen molar-refractivity contribution in [2.75, 3.05) is 19.6 Å². The van der Waals surface area contributed by atoms with Gasteiger partial charge in [0.15, 0.2) is 0 Å². The van der Waals surface area contributed by atoms with Gasteiger partial charge in [0.05, 0.1) is 0 Å². The minimum absolute atomic E-state index is 0.107. The molecule has 0 aromatic rings. The van der Waals surface area contributed by atoms with E-state index in [0.29, 0.717) is 12.0 Å². The molecule has 0 aromatic heterocycles. The van der Waals surface area contributed by atoms with Crippen molar-refractivity contribution in [1.29, 1.82) is 0 Å². The topological polar surface area (TPSA) is 58.4 Å². The molecule has 4 nitrogen and oxygen atoms in total. The molecule has 1 heterocycles. The SMILES string of the molecule is CCC1CCN(CCC2CCCC2(NC2CC2)C(N)=O)C1. The molecule has 3 atom stereocenters. The minimum atomic E-state index is -0.398. The number of hydrogen-bond donors (Lipinski definition) is 2. The Kier molecular flexibility index (Phi) is 4.55. The molecule has 3 N–H and O–H groups in total. The summed E-state index contributed by atoms with van der Waals surface area (Å²) >= 11 is 0. The maximum absolute atomic E-state index is 12.1. The van der Waals surface area contributed by atoms with Gasteiger partial charge in [-0.1, -0.05) is 19.8 Å². The van der Waals surface area contributed by atoms with Crippen LogP contribution in [-0.4, -0.2) is 42.0 Å². The summed E-state index contributed by atoms with van der Waals surface area (Å²) in [7, 11) is 0. The van der Waals surface area contributed by atoms with E-state index in [1.54, 1.807) is 0 Å². The van der Waals surface area contributed by atoms with Crippen LogP contribution in [0.4, 0.5) is 0 Å². The van der Waals surface area contributed by atoms with E-state index in [1.165, 1.54) is 38.8 Å². The third-order valence-electron chi connectivity index (χ3n) is 6.04. The number of primary amides is 1. The lowest BCUT2D eigenvalue weighted by molar-refractivity contribution is -0.126. The Morgan fingerprint density at radius 2 is 2.14 bits per heavy atom. The maximum Gasteiger partial charge on any atom is 0.238 e. The van der Waals surface area contributed by atoms with E-state index in [-0.39, 0.29) is 5.91 Å². The zero-order valence-corrected chi connectivity index (χ0v) is 13.4. The fraction of sp³-hybridized carbons (Fsp3) is 0.941. The second-order valence-electron chi connectivity index (χ2n) is 7.50. The number of nitrogens with one attached hydrogen (secondary N) is 1. The van der Waals surface area contributed by atoms with Crippen LogP contribution in [-0.2, 0) is 4.79 Å². The zero-order chi connectivity index (χ0) is 14.9. The standard InChI is InChI=1S/C17H31N3O/c1-2-13-7-10-20(12-13)11-8-14-4-3-9-17(14,16(18)21)19-15-5-6-15/h13-15,19H,2-12H2,1H3,(H2,18,21). The van der Waals surface area contributed by atoms with Gasteiger partial charge >= 0.3 is 0 Å². The number of nitrogens with zero attached hydrogens (tertiary/aromatic N) is 1. The molecule has 3 rings (SSSR count).